The number of para-hydroxylation sites is 1. The van der Waals surface area contributed by atoms with Gasteiger partial charge in [-0.15, -0.1) is 0 Å². The summed E-state index contributed by atoms with van der Waals surface area (Å²) < 4.78 is 0. The highest BCUT2D eigenvalue weighted by Crippen LogP contribution is 2.32. The number of rotatable bonds is 4. The van der Waals surface area contributed by atoms with Crippen LogP contribution in [-0.4, -0.2) is 25.8 Å². The van der Waals surface area contributed by atoms with Crippen molar-refractivity contribution >= 4 is 63.8 Å². The van der Waals surface area contributed by atoms with Crippen molar-refractivity contribution < 1.29 is 4.79 Å². The molecule has 0 unspecified atom stereocenters. The summed E-state index contributed by atoms with van der Waals surface area (Å²) in [5.41, 5.74) is 4.36. The number of nitrogens with one attached hydrogen (secondary N) is 4. The van der Waals surface area contributed by atoms with E-state index in [4.69, 9.17) is 23.2 Å². The van der Waals surface area contributed by atoms with Crippen molar-refractivity contribution in [1.82, 2.24) is 19.9 Å². The predicted molar refractivity (Wildman–Crippen MR) is 120 cm³/mol. The molecule has 7 nitrogen and oxygen atoms in total. The number of aryl methyl sites for hydroxylation is 1. The Kier molecular flexibility index (Phi) is 4.69. The minimum absolute atomic E-state index is 0.259. The standard InChI is InChI=1S/C21H16Cl2N6O/c22-12-4-3-5-13(23)18(12)28-20-26-16-9-8-11(10-17(16)27-20)19(30)29-21-24-14-6-1-2-7-15(14)25-21/h1,3-6,8-10H,2,7H2,(H2,26,27,28)(H2,24,25,29,30). The Balaban J connectivity index is 1.37. The molecular formula is C21H16Cl2N6O. The zero-order valence-corrected chi connectivity index (χ0v) is 17.1. The number of allylic oxidation sites excluding steroid dienone is 1. The number of carbonyl (C=O) groups excluding carboxylic acids is 1. The van der Waals surface area contributed by atoms with Crippen LogP contribution in [0.1, 0.15) is 28.2 Å². The number of carbonyl (C=O) groups is 1. The molecule has 0 radical (unpaired) electrons. The Morgan fingerprint density at radius 1 is 1.03 bits per heavy atom. The molecule has 30 heavy (non-hydrogen) atoms. The fourth-order valence-electron chi connectivity index (χ4n) is 3.36. The minimum atomic E-state index is -0.259. The maximum absolute atomic E-state index is 12.7. The fourth-order valence-corrected chi connectivity index (χ4v) is 3.85. The van der Waals surface area contributed by atoms with E-state index in [0.717, 1.165) is 24.2 Å². The van der Waals surface area contributed by atoms with Crippen LogP contribution in [0.3, 0.4) is 0 Å². The van der Waals surface area contributed by atoms with E-state index in [2.05, 4.69) is 36.6 Å². The molecule has 0 atom stereocenters. The molecule has 1 amide bonds. The normalized spacial score (nSPS) is 12.7. The van der Waals surface area contributed by atoms with Crippen LogP contribution in [0.5, 0.6) is 0 Å². The summed E-state index contributed by atoms with van der Waals surface area (Å²) in [7, 11) is 0. The van der Waals surface area contributed by atoms with Crippen molar-refractivity contribution in [3.63, 3.8) is 0 Å². The lowest BCUT2D eigenvalue weighted by atomic mass is 10.1. The van der Waals surface area contributed by atoms with E-state index < -0.39 is 0 Å². The highest BCUT2D eigenvalue weighted by Gasteiger charge is 2.15. The number of benzene rings is 2. The lowest BCUT2D eigenvalue weighted by Gasteiger charge is -2.06. The molecule has 9 heteroatoms. The van der Waals surface area contributed by atoms with Crippen LogP contribution in [0, 0.1) is 0 Å². The van der Waals surface area contributed by atoms with Crippen LogP contribution < -0.4 is 10.6 Å². The van der Waals surface area contributed by atoms with Gasteiger partial charge in [0.2, 0.25) is 11.9 Å². The van der Waals surface area contributed by atoms with E-state index in [9.17, 15) is 4.79 Å². The molecule has 0 saturated carbocycles. The van der Waals surface area contributed by atoms with Gasteiger partial charge >= 0.3 is 0 Å². The molecule has 0 aliphatic heterocycles. The second-order valence-electron chi connectivity index (χ2n) is 6.88. The van der Waals surface area contributed by atoms with Gasteiger partial charge < -0.3 is 15.3 Å². The smallest absolute Gasteiger partial charge is 0.258 e. The molecule has 0 bridgehead atoms. The molecular weight excluding hydrogens is 423 g/mol. The third-order valence-electron chi connectivity index (χ3n) is 4.83. The molecule has 2 aromatic carbocycles. The van der Waals surface area contributed by atoms with Gasteiger partial charge in [-0.2, -0.15) is 0 Å². The monoisotopic (exact) mass is 438 g/mol. The van der Waals surface area contributed by atoms with Crippen LogP contribution in [-0.2, 0) is 6.42 Å². The molecule has 0 saturated heterocycles. The number of imidazole rings is 2. The van der Waals surface area contributed by atoms with E-state index in [1.165, 1.54) is 0 Å². The van der Waals surface area contributed by atoms with Gasteiger partial charge in [-0.3, -0.25) is 10.1 Å². The number of halogens is 2. The first-order valence-corrected chi connectivity index (χ1v) is 10.1. The number of aromatic amines is 2. The van der Waals surface area contributed by atoms with Crippen molar-refractivity contribution in [3.8, 4) is 0 Å². The Bertz CT molecular complexity index is 1290. The Hall–Kier alpha value is -3.29. The number of aromatic nitrogens is 4. The first kappa shape index (κ1) is 18.7. The molecule has 1 aliphatic carbocycles. The molecule has 2 aromatic heterocycles. The van der Waals surface area contributed by atoms with Crippen molar-refractivity contribution in [3.05, 3.63) is 69.5 Å². The fraction of sp³-hybridized carbons (Fsp3) is 0.0952. The number of hydrogen-bond acceptors (Lipinski definition) is 4. The van der Waals surface area contributed by atoms with Crippen LogP contribution >= 0.6 is 23.2 Å². The highest BCUT2D eigenvalue weighted by atomic mass is 35.5. The third kappa shape index (κ3) is 3.53. The lowest BCUT2D eigenvalue weighted by Crippen LogP contribution is -2.12. The van der Waals surface area contributed by atoms with E-state index >= 15 is 0 Å². The summed E-state index contributed by atoms with van der Waals surface area (Å²) in [6.07, 6.45) is 5.89. The van der Waals surface area contributed by atoms with Crippen LogP contribution in [0.2, 0.25) is 10.0 Å². The summed E-state index contributed by atoms with van der Waals surface area (Å²) in [6, 6.07) is 10.5. The quantitative estimate of drug-likeness (QED) is 0.335. The molecule has 150 valence electrons. The maximum Gasteiger partial charge on any atom is 0.258 e. The molecule has 0 fully saturated rings. The van der Waals surface area contributed by atoms with Gasteiger partial charge in [0.15, 0.2) is 0 Å². The van der Waals surface area contributed by atoms with Crippen molar-refractivity contribution in [1.29, 1.82) is 0 Å². The molecule has 4 aromatic rings. The van der Waals surface area contributed by atoms with Gasteiger partial charge in [0.1, 0.15) is 0 Å². The number of anilines is 3. The average Bonchev–Trinajstić information content (AvgIpc) is 3.32. The highest BCUT2D eigenvalue weighted by molar-refractivity contribution is 6.39. The summed E-state index contributed by atoms with van der Waals surface area (Å²) in [4.78, 5) is 27.9. The van der Waals surface area contributed by atoms with Crippen LogP contribution in [0.15, 0.2) is 42.5 Å². The SMILES string of the molecule is O=C(Nc1nc2c([nH]1)CCC=C2)c1ccc2nc(Nc3c(Cl)cccc3Cl)[nH]c2c1. The van der Waals surface area contributed by atoms with Gasteiger partial charge in [-0.1, -0.05) is 35.3 Å². The Morgan fingerprint density at radius 3 is 2.67 bits per heavy atom. The number of nitrogens with zero attached hydrogens (tertiary/aromatic N) is 2. The topological polar surface area (TPSA) is 98.5 Å². The molecule has 2 heterocycles. The molecule has 4 N–H and O–H groups in total. The van der Waals surface area contributed by atoms with E-state index in [0.29, 0.717) is 44.2 Å². The number of hydrogen-bond donors (Lipinski definition) is 4. The van der Waals surface area contributed by atoms with Crippen molar-refractivity contribution in [2.75, 3.05) is 10.6 Å². The largest absolute Gasteiger partial charge is 0.327 e. The Morgan fingerprint density at radius 2 is 1.87 bits per heavy atom. The average molecular weight is 439 g/mol. The second-order valence-corrected chi connectivity index (χ2v) is 7.70. The zero-order valence-electron chi connectivity index (χ0n) is 15.6. The van der Waals surface area contributed by atoms with E-state index in [-0.39, 0.29) is 5.91 Å². The van der Waals surface area contributed by atoms with Gasteiger partial charge in [0.25, 0.3) is 5.91 Å². The minimum Gasteiger partial charge on any atom is -0.327 e. The molecule has 0 spiro atoms. The van der Waals surface area contributed by atoms with Crippen molar-refractivity contribution in [2.45, 2.75) is 12.8 Å². The molecule has 5 rings (SSSR count). The summed E-state index contributed by atoms with van der Waals surface area (Å²) in [6.45, 7) is 0. The van der Waals surface area contributed by atoms with Crippen LogP contribution in [0.4, 0.5) is 17.6 Å². The van der Waals surface area contributed by atoms with Gasteiger partial charge in [0, 0.05) is 11.3 Å². The third-order valence-corrected chi connectivity index (χ3v) is 5.46. The zero-order chi connectivity index (χ0) is 20.7. The number of amides is 1. The van der Waals surface area contributed by atoms with Crippen LogP contribution in [0.25, 0.3) is 17.1 Å². The Labute approximate surface area is 181 Å². The van der Waals surface area contributed by atoms with E-state index in [1.54, 1.807) is 36.4 Å². The van der Waals surface area contributed by atoms with Gasteiger partial charge in [0.05, 0.1) is 32.5 Å². The first-order chi connectivity index (χ1) is 14.6. The molecule has 1 aliphatic rings. The van der Waals surface area contributed by atoms with Crippen molar-refractivity contribution in [2.24, 2.45) is 0 Å². The summed E-state index contributed by atoms with van der Waals surface area (Å²) >= 11 is 12.4. The maximum atomic E-state index is 12.7. The van der Waals surface area contributed by atoms with E-state index in [1.807, 2.05) is 6.08 Å². The first-order valence-electron chi connectivity index (χ1n) is 9.34. The lowest BCUT2D eigenvalue weighted by molar-refractivity contribution is 0.102. The summed E-state index contributed by atoms with van der Waals surface area (Å²) in [5.74, 6) is 0.658. The number of H-pyrrole nitrogens is 2. The van der Waals surface area contributed by atoms with Gasteiger partial charge in [-0.25, -0.2) is 9.97 Å². The number of fused-ring (bicyclic) bond motifs is 2. The summed E-state index contributed by atoms with van der Waals surface area (Å²) in [5, 5.41) is 6.88. The predicted octanol–water partition coefficient (Wildman–Crippen LogP) is 5.55. The van der Waals surface area contributed by atoms with Gasteiger partial charge in [-0.05, 0) is 49.2 Å². The second kappa shape index (κ2) is 7.51.